The Kier molecular flexibility index (Phi) is 1.94. The van der Waals surface area contributed by atoms with Crippen LogP contribution in [0.2, 0.25) is 0 Å². The monoisotopic (exact) mass is 196 g/mol. The van der Waals surface area contributed by atoms with Gasteiger partial charge in [-0.1, -0.05) is 12.2 Å². The molecule has 1 heterocycles. The Labute approximate surface area is 84.0 Å². The van der Waals surface area contributed by atoms with Gasteiger partial charge >= 0.3 is 0 Å². The molecule has 14 heavy (non-hydrogen) atoms. The number of hydrogen-bond donors (Lipinski definition) is 0. The Balaban J connectivity index is 1.89. The average molecular weight is 196 g/mol. The molecule has 0 aromatic heterocycles. The summed E-state index contributed by atoms with van der Waals surface area (Å²) in [5, 5.41) is 0. The summed E-state index contributed by atoms with van der Waals surface area (Å²) in [6.45, 7) is 0. The average Bonchev–Trinajstić information content (AvgIpc) is 2.88. The lowest BCUT2D eigenvalue weighted by Gasteiger charge is -2.23. The molecule has 0 aromatic rings. The molecule has 0 radical (unpaired) electrons. The first kappa shape index (κ1) is 8.89. The third-order valence-corrected chi connectivity index (χ3v) is 3.94. The van der Waals surface area contributed by atoms with E-state index >= 15 is 0 Å². The fraction of sp³-hybridized carbons (Fsp3) is 0.818. The van der Waals surface area contributed by atoms with Gasteiger partial charge in [-0.3, -0.25) is 0 Å². The molecular weight excluding hydrogens is 180 g/mol. The lowest BCUT2D eigenvalue weighted by atomic mass is 9.84. The Hall–Kier alpha value is -0.380. The van der Waals surface area contributed by atoms with Crippen LogP contribution in [0.3, 0.4) is 0 Å². The third kappa shape index (κ3) is 0.977. The molecule has 3 nitrogen and oxygen atoms in total. The highest BCUT2D eigenvalue weighted by Crippen LogP contribution is 2.55. The predicted molar refractivity (Wildman–Crippen MR) is 50.4 cm³/mol. The maximum absolute atomic E-state index is 5.72. The zero-order valence-corrected chi connectivity index (χ0v) is 8.55. The van der Waals surface area contributed by atoms with E-state index in [1.165, 1.54) is 6.42 Å². The highest BCUT2D eigenvalue weighted by molar-refractivity contribution is 5.16. The van der Waals surface area contributed by atoms with Gasteiger partial charge in [0.05, 0.1) is 0 Å². The largest absolute Gasteiger partial charge is 0.355 e. The summed E-state index contributed by atoms with van der Waals surface area (Å²) < 4.78 is 16.5. The van der Waals surface area contributed by atoms with Gasteiger partial charge in [0, 0.05) is 26.1 Å². The maximum Gasteiger partial charge on any atom is 0.164 e. The molecule has 78 valence electrons. The number of ether oxygens (including phenoxy) is 3. The molecule has 1 saturated heterocycles. The third-order valence-electron chi connectivity index (χ3n) is 3.94. The van der Waals surface area contributed by atoms with E-state index in [0.29, 0.717) is 23.7 Å². The smallest absolute Gasteiger partial charge is 0.164 e. The normalized spacial score (nSPS) is 54.1. The van der Waals surface area contributed by atoms with Crippen molar-refractivity contribution < 1.29 is 14.2 Å². The topological polar surface area (TPSA) is 27.7 Å². The summed E-state index contributed by atoms with van der Waals surface area (Å²) in [5.74, 6) is 2.32. The number of allylic oxidation sites excluding steroid dienone is 2. The molecule has 0 spiro atoms. The number of fused-ring (bicyclic) bond motifs is 5. The quantitative estimate of drug-likeness (QED) is 0.625. The SMILES string of the molecule is CO[C@@H]1O[C@@H](OC)[C@@H]2[C@@H]1[C@H]1C=C[C@H]2C1. The van der Waals surface area contributed by atoms with Gasteiger partial charge in [0.15, 0.2) is 12.6 Å². The van der Waals surface area contributed by atoms with Crippen LogP contribution < -0.4 is 0 Å². The molecule has 0 aromatic carbocycles. The second-order valence-electron chi connectivity index (χ2n) is 4.45. The van der Waals surface area contributed by atoms with Crippen molar-refractivity contribution in [2.24, 2.45) is 23.7 Å². The Morgan fingerprint density at radius 1 is 1.00 bits per heavy atom. The fourth-order valence-corrected chi connectivity index (χ4v) is 3.40. The molecule has 3 rings (SSSR count). The van der Waals surface area contributed by atoms with Crippen LogP contribution in [0.25, 0.3) is 0 Å². The number of methoxy groups -OCH3 is 2. The van der Waals surface area contributed by atoms with Gasteiger partial charge in [0.25, 0.3) is 0 Å². The van der Waals surface area contributed by atoms with E-state index in [4.69, 9.17) is 14.2 Å². The van der Waals surface area contributed by atoms with Gasteiger partial charge in [0.2, 0.25) is 0 Å². The van der Waals surface area contributed by atoms with Gasteiger partial charge in [-0.15, -0.1) is 0 Å². The summed E-state index contributed by atoms with van der Waals surface area (Å²) in [4.78, 5) is 0. The molecule has 0 unspecified atom stereocenters. The highest BCUT2D eigenvalue weighted by Gasteiger charge is 2.57. The molecule has 2 bridgehead atoms. The zero-order valence-electron chi connectivity index (χ0n) is 8.55. The maximum atomic E-state index is 5.72. The van der Waals surface area contributed by atoms with Crippen molar-refractivity contribution in [2.45, 2.75) is 19.0 Å². The van der Waals surface area contributed by atoms with E-state index in [2.05, 4.69) is 12.2 Å². The number of hydrogen-bond acceptors (Lipinski definition) is 3. The summed E-state index contributed by atoms with van der Waals surface area (Å²) in [6.07, 6.45) is 5.77. The van der Waals surface area contributed by atoms with Crippen molar-refractivity contribution in [3.8, 4) is 0 Å². The molecule has 1 aliphatic heterocycles. The van der Waals surface area contributed by atoms with Crippen LogP contribution in [-0.2, 0) is 14.2 Å². The van der Waals surface area contributed by atoms with E-state index in [-0.39, 0.29) is 12.6 Å². The van der Waals surface area contributed by atoms with Crippen LogP contribution in [0, 0.1) is 23.7 Å². The first-order chi connectivity index (χ1) is 6.85. The predicted octanol–water partition coefficient (Wildman–Crippen LogP) is 1.40. The second kappa shape index (κ2) is 3.05. The van der Waals surface area contributed by atoms with Crippen LogP contribution >= 0.6 is 0 Å². The van der Waals surface area contributed by atoms with Gasteiger partial charge < -0.3 is 14.2 Å². The molecule has 1 saturated carbocycles. The Morgan fingerprint density at radius 3 is 1.93 bits per heavy atom. The molecule has 2 aliphatic carbocycles. The van der Waals surface area contributed by atoms with E-state index in [1.807, 2.05) is 0 Å². The number of rotatable bonds is 2. The summed E-state index contributed by atoms with van der Waals surface area (Å²) in [5.41, 5.74) is 0. The molecular formula is C11H16O3. The van der Waals surface area contributed by atoms with Crippen LogP contribution in [0.1, 0.15) is 6.42 Å². The van der Waals surface area contributed by atoms with E-state index in [9.17, 15) is 0 Å². The molecule has 3 aliphatic rings. The van der Waals surface area contributed by atoms with Crippen molar-refractivity contribution in [3.05, 3.63) is 12.2 Å². The minimum atomic E-state index is -0.0649. The lowest BCUT2D eigenvalue weighted by molar-refractivity contribution is -0.202. The van der Waals surface area contributed by atoms with E-state index < -0.39 is 0 Å². The zero-order chi connectivity index (χ0) is 9.71. The van der Waals surface area contributed by atoms with Crippen LogP contribution in [0.5, 0.6) is 0 Å². The standard InChI is InChI=1S/C11H16O3/c1-12-10-8-6-3-4-7(5-6)9(8)11(13-2)14-10/h3-4,6-11H,5H2,1-2H3/t6-,7-,8-,9-,10+,11+/m0/s1. The fourth-order valence-electron chi connectivity index (χ4n) is 3.40. The van der Waals surface area contributed by atoms with E-state index in [0.717, 1.165) is 0 Å². The van der Waals surface area contributed by atoms with Crippen molar-refractivity contribution in [2.75, 3.05) is 14.2 Å². The Bertz CT molecular complexity index is 239. The minimum absolute atomic E-state index is 0.0649. The van der Waals surface area contributed by atoms with Crippen LogP contribution in [0.4, 0.5) is 0 Å². The van der Waals surface area contributed by atoms with Crippen molar-refractivity contribution in [1.82, 2.24) is 0 Å². The van der Waals surface area contributed by atoms with Crippen molar-refractivity contribution in [3.63, 3.8) is 0 Å². The first-order valence-electron chi connectivity index (χ1n) is 5.24. The summed E-state index contributed by atoms with van der Waals surface area (Å²) in [7, 11) is 3.44. The minimum Gasteiger partial charge on any atom is -0.355 e. The van der Waals surface area contributed by atoms with E-state index in [1.54, 1.807) is 14.2 Å². The van der Waals surface area contributed by atoms with Gasteiger partial charge in [-0.25, -0.2) is 0 Å². The molecule has 0 N–H and O–H groups in total. The second-order valence-corrected chi connectivity index (χ2v) is 4.45. The first-order valence-corrected chi connectivity index (χ1v) is 5.24. The lowest BCUT2D eigenvalue weighted by Crippen LogP contribution is -2.27. The summed E-state index contributed by atoms with van der Waals surface area (Å²) >= 11 is 0. The van der Waals surface area contributed by atoms with Crippen LogP contribution in [0.15, 0.2) is 12.2 Å². The Morgan fingerprint density at radius 2 is 1.50 bits per heavy atom. The molecule has 6 atom stereocenters. The highest BCUT2D eigenvalue weighted by atomic mass is 16.8. The van der Waals surface area contributed by atoms with Crippen molar-refractivity contribution in [1.29, 1.82) is 0 Å². The van der Waals surface area contributed by atoms with Gasteiger partial charge in [0.1, 0.15) is 0 Å². The summed E-state index contributed by atoms with van der Waals surface area (Å²) in [6, 6.07) is 0. The van der Waals surface area contributed by atoms with Gasteiger partial charge in [-0.05, 0) is 18.3 Å². The van der Waals surface area contributed by atoms with Crippen LogP contribution in [-0.4, -0.2) is 26.8 Å². The van der Waals surface area contributed by atoms with Gasteiger partial charge in [-0.2, -0.15) is 0 Å². The molecule has 0 amide bonds. The molecule has 3 heteroatoms. The molecule has 2 fully saturated rings. The van der Waals surface area contributed by atoms with Crippen molar-refractivity contribution >= 4 is 0 Å².